The third kappa shape index (κ3) is 2.65. The second kappa shape index (κ2) is 5.08. The molecule has 0 saturated heterocycles. The minimum Gasteiger partial charge on any atom is -0.480 e. The third-order valence-electron chi connectivity index (χ3n) is 3.72. The van der Waals surface area contributed by atoms with Gasteiger partial charge >= 0.3 is 12.1 Å². The van der Waals surface area contributed by atoms with Crippen molar-refractivity contribution in [3.05, 3.63) is 18.0 Å². The van der Waals surface area contributed by atoms with E-state index in [4.69, 9.17) is 0 Å². The number of alkyl halides is 3. The molecule has 2 N–H and O–H groups in total. The standard InChI is InChI=1S/C12H16F3N3O2/c1-2-16-11(10(19)20)4-3-9(5-11)18-7-8(6-17-18)12(13,14)15/h6-7,9,16H,2-5H2,1H3,(H,19,20). The van der Waals surface area contributed by atoms with Crippen molar-refractivity contribution in [3.63, 3.8) is 0 Å². The van der Waals surface area contributed by atoms with Gasteiger partial charge in [0, 0.05) is 6.20 Å². The van der Waals surface area contributed by atoms with Crippen molar-refractivity contribution in [1.29, 1.82) is 0 Å². The molecule has 0 bridgehead atoms. The summed E-state index contributed by atoms with van der Waals surface area (Å²) in [6.45, 7) is 2.29. The van der Waals surface area contributed by atoms with E-state index in [1.807, 2.05) is 0 Å². The fraction of sp³-hybridized carbons (Fsp3) is 0.667. The molecular weight excluding hydrogens is 275 g/mol. The topological polar surface area (TPSA) is 67.2 Å². The molecule has 1 saturated carbocycles. The number of aliphatic carboxylic acids is 1. The van der Waals surface area contributed by atoms with Crippen LogP contribution in [0.3, 0.4) is 0 Å². The normalized spacial score (nSPS) is 26.9. The highest BCUT2D eigenvalue weighted by molar-refractivity contribution is 5.79. The van der Waals surface area contributed by atoms with Crippen LogP contribution in [0.5, 0.6) is 0 Å². The van der Waals surface area contributed by atoms with Gasteiger partial charge in [-0.15, -0.1) is 0 Å². The molecule has 1 aliphatic carbocycles. The number of nitrogens with zero attached hydrogens (tertiary/aromatic N) is 2. The van der Waals surface area contributed by atoms with E-state index in [0.717, 1.165) is 12.4 Å². The second-order valence-electron chi connectivity index (χ2n) is 5.02. The van der Waals surface area contributed by atoms with Crippen molar-refractivity contribution in [3.8, 4) is 0 Å². The third-order valence-corrected chi connectivity index (χ3v) is 3.72. The van der Waals surface area contributed by atoms with E-state index in [1.54, 1.807) is 6.92 Å². The van der Waals surface area contributed by atoms with Gasteiger partial charge in [-0.2, -0.15) is 18.3 Å². The van der Waals surface area contributed by atoms with Crippen LogP contribution in [0.1, 0.15) is 37.8 Å². The van der Waals surface area contributed by atoms with Crippen molar-refractivity contribution in [1.82, 2.24) is 15.1 Å². The lowest BCUT2D eigenvalue weighted by molar-refractivity contribution is -0.144. The molecular formula is C12H16F3N3O2. The van der Waals surface area contributed by atoms with Gasteiger partial charge < -0.3 is 10.4 Å². The first-order valence-corrected chi connectivity index (χ1v) is 6.38. The molecule has 0 spiro atoms. The van der Waals surface area contributed by atoms with Gasteiger partial charge in [0.15, 0.2) is 0 Å². The van der Waals surface area contributed by atoms with Crippen LogP contribution in [0.4, 0.5) is 13.2 Å². The Kier molecular flexibility index (Phi) is 3.77. The van der Waals surface area contributed by atoms with E-state index in [1.165, 1.54) is 4.68 Å². The Morgan fingerprint density at radius 1 is 1.65 bits per heavy atom. The molecule has 1 aliphatic rings. The Morgan fingerprint density at radius 2 is 2.35 bits per heavy atom. The summed E-state index contributed by atoms with van der Waals surface area (Å²) in [7, 11) is 0. The largest absolute Gasteiger partial charge is 0.480 e. The van der Waals surface area contributed by atoms with Crippen LogP contribution in [0.15, 0.2) is 12.4 Å². The Hall–Kier alpha value is -1.57. The van der Waals surface area contributed by atoms with E-state index >= 15 is 0 Å². The SMILES string of the molecule is CCNC1(C(=O)O)CCC(n2cc(C(F)(F)F)cn2)C1. The summed E-state index contributed by atoms with van der Waals surface area (Å²) in [4.78, 5) is 11.4. The number of hydrogen-bond acceptors (Lipinski definition) is 3. The van der Waals surface area contributed by atoms with Crippen LogP contribution in [0.25, 0.3) is 0 Å². The molecule has 1 aromatic rings. The Labute approximate surface area is 113 Å². The summed E-state index contributed by atoms with van der Waals surface area (Å²) >= 11 is 0. The van der Waals surface area contributed by atoms with E-state index < -0.39 is 23.2 Å². The fourth-order valence-electron chi connectivity index (χ4n) is 2.70. The summed E-state index contributed by atoms with van der Waals surface area (Å²) in [5, 5.41) is 16.0. The Bertz CT molecular complexity index is 500. The zero-order chi connectivity index (χ0) is 15.0. The molecule has 20 heavy (non-hydrogen) atoms. The highest BCUT2D eigenvalue weighted by Crippen LogP contribution is 2.39. The molecule has 1 fully saturated rings. The molecule has 5 nitrogen and oxygen atoms in total. The first-order chi connectivity index (χ1) is 9.28. The maximum atomic E-state index is 12.5. The van der Waals surface area contributed by atoms with Crippen LogP contribution in [-0.4, -0.2) is 32.9 Å². The van der Waals surface area contributed by atoms with Crippen molar-refractivity contribution in [2.45, 2.75) is 43.9 Å². The Morgan fingerprint density at radius 3 is 2.85 bits per heavy atom. The van der Waals surface area contributed by atoms with E-state index in [-0.39, 0.29) is 12.5 Å². The van der Waals surface area contributed by atoms with Crippen molar-refractivity contribution in [2.24, 2.45) is 0 Å². The van der Waals surface area contributed by atoms with Crippen LogP contribution in [0, 0.1) is 0 Å². The molecule has 0 amide bonds. The molecule has 2 atom stereocenters. The van der Waals surface area contributed by atoms with Gasteiger partial charge in [-0.05, 0) is 25.8 Å². The molecule has 1 heterocycles. The summed E-state index contributed by atoms with van der Waals surface area (Å²) in [6, 6.07) is -0.332. The van der Waals surface area contributed by atoms with Gasteiger partial charge in [-0.3, -0.25) is 9.48 Å². The minimum absolute atomic E-state index is 0.231. The molecule has 2 rings (SSSR count). The highest BCUT2D eigenvalue weighted by atomic mass is 19.4. The number of rotatable bonds is 4. The lowest BCUT2D eigenvalue weighted by Crippen LogP contribution is -2.50. The smallest absolute Gasteiger partial charge is 0.419 e. The molecule has 0 aliphatic heterocycles. The lowest BCUT2D eigenvalue weighted by atomic mass is 9.97. The fourth-order valence-corrected chi connectivity index (χ4v) is 2.70. The molecule has 2 unspecified atom stereocenters. The number of carboxylic acid groups (broad SMARTS) is 1. The molecule has 1 aromatic heterocycles. The van der Waals surface area contributed by atoms with Gasteiger partial charge in [0.1, 0.15) is 5.54 Å². The van der Waals surface area contributed by atoms with E-state index in [2.05, 4.69) is 10.4 Å². The lowest BCUT2D eigenvalue weighted by Gasteiger charge is -2.25. The summed E-state index contributed by atoms with van der Waals surface area (Å²) in [5.74, 6) is -0.968. The van der Waals surface area contributed by atoms with Crippen molar-refractivity contribution < 1.29 is 23.1 Å². The number of nitrogens with one attached hydrogen (secondary N) is 1. The predicted octanol–water partition coefficient (Wildman–Crippen LogP) is 2.06. The Balaban J connectivity index is 2.16. The van der Waals surface area contributed by atoms with Crippen molar-refractivity contribution in [2.75, 3.05) is 6.54 Å². The summed E-state index contributed by atoms with van der Waals surface area (Å²) in [6.07, 6.45) is -1.62. The van der Waals surface area contributed by atoms with Gasteiger partial charge in [0.05, 0.1) is 17.8 Å². The molecule has 0 aromatic carbocycles. The van der Waals surface area contributed by atoms with Crippen LogP contribution in [-0.2, 0) is 11.0 Å². The molecule has 0 radical (unpaired) electrons. The van der Waals surface area contributed by atoms with Crippen LogP contribution in [0.2, 0.25) is 0 Å². The summed E-state index contributed by atoms with van der Waals surface area (Å²) < 4.78 is 38.8. The van der Waals surface area contributed by atoms with Gasteiger partial charge in [-0.1, -0.05) is 6.92 Å². The summed E-state index contributed by atoms with van der Waals surface area (Å²) in [5.41, 5.74) is -1.88. The number of carboxylic acids is 1. The average molecular weight is 291 g/mol. The first kappa shape index (κ1) is 14.8. The zero-order valence-electron chi connectivity index (χ0n) is 10.9. The van der Waals surface area contributed by atoms with E-state index in [0.29, 0.717) is 19.4 Å². The minimum atomic E-state index is -4.43. The zero-order valence-corrected chi connectivity index (χ0v) is 10.9. The van der Waals surface area contributed by atoms with Gasteiger partial charge in [-0.25, -0.2) is 0 Å². The predicted molar refractivity (Wildman–Crippen MR) is 64.2 cm³/mol. The van der Waals surface area contributed by atoms with Crippen molar-refractivity contribution >= 4 is 5.97 Å². The number of carbonyl (C=O) groups is 1. The molecule has 112 valence electrons. The van der Waals surface area contributed by atoms with Crippen LogP contribution >= 0.6 is 0 Å². The second-order valence-corrected chi connectivity index (χ2v) is 5.02. The number of likely N-dealkylation sites (N-methyl/N-ethyl adjacent to an activating group) is 1. The van der Waals surface area contributed by atoms with Gasteiger partial charge in [0.25, 0.3) is 0 Å². The first-order valence-electron chi connectivity index (χ1n) is 6.38. The quantitative estimate of drug-likeness (QED) is 0.891. The maximum Gasteiger partial charge on any atom is 0.419 e. The maximum absolute atomic E-state index is 12.5. The number of hydrogen-bond donors (Lipinski definition) is 2. The molecule has 8 heteroatoms. The van der Waals surface area contributed by atoms with Crippen LogP contribution < -0.4 is 5.32 Å². The van der Waals surface area contributed by atoms with Gasteiger partial charge in [0.2, 0.25) is 0 Å². The highest BCUT2D eigenvalue weighted by Gasteiger charge is 2.46. The number of aromatic nitrogens is 2. The average Bonchev–Trinajstić information content (AvgIpc) is 2.94. The van der Waals surface area contributed by atoms with E-state index in [9.17, 15) is 23.1 Å². The number of halogens is 3. The monoisotopic (exact) mass is 291 g/mol.